The molecule has 3 aromatic carbocycles. The van der Waals surface area contributed by atoms with Gasteiger partial charge in [-0.1, -0.05) is 95.3 Å². The van der Waals surface area contributed by atoms with E-state index in [1.807, 2.05) is 78.9 Å². The lowest BCUT2D eigenvalue weighted by Crippen LogP contribution is -1.98. The Balaban J connectivity index is 1.60. The standard InChI is InChI=1S/C28H23BrO2/c1-21-18-28(31-20-23-10-6-3-7-11-23)26(24-12-14-25(29)15-13-24)16-17-27(21)30-19-22-8-4-2-5-9-22/h2-18H,1,19-20H2. The van der Waals surface area contributed by atoms with Crippen LogP contribution in [-0.2, 0) is 22.7 Å². The maximum absolute atomic E-state index is 6.26. The summed E-state index contributed by atoms with van der Waals surface area (Å²) in [5.74, 6) is 1.50. The average Bonchev–Trinajstić information content (AvgIpc) is 2.96. The van der Waals surface area contributed by atoms with Crippen molar-refractivity contribution in [1.29, 1.82) is 0 Å². The second kappa shape index (κ2) is 10.1. The van der Waals surface area contributed by atoms with E-state index >= 15 is 0 Å². The average molecular weight is 471 g/mol. The Kier molecular flexibility index (Phi) is 6.85. The smallest absolute Gasteiger partial charge is 0.128 e. The quantitative estimate of drug-likeness (QED) is 0.353. The van der Waals surface area contributed by atoms with Crippen molar-refractivity contribution in [3.8, 4) is 0 Å². The molecule has 0 radical (unpaired) electrons. The first-order chi connectivity index (χ1) is 15.2. The van der Waals surface area contributed by atoms with Crippen LogP contribution in [0.4, 0.5) is 0 Å². The van der Waals surface area contributed by atoms with E-state index in [-0.39, 0.29) is 0 Å². The fourth-order valence-electron chi connectivity index (χ4n) is 3.25. The van der Waals surface area contributed by atoms with Crippen LogP contribution in [0.15, 0.2) is 131 Å². The van der Waals surface area contributed by atoms with Crippen LogP contribution >= 0.6 is 15.9 Å². The van der Waals surface area contributed by atoms with E-state index in [0.717, 1.165) is 43.8 Å². The first-order valence-corrected chi connectivity index (χ1v) is 10.9. The van der Waals surface area contributed by atoms with Crippen LogP contribution in [0.2, 0.25) is 0 Å². The molecule has 0 saturated heterocycles. The number of hydrogen-bond acceptors (Lipinski definition) is 2. The Labute approximate surface area is 192 Å². The highest BCUT2D eigenvalue weighted by Gasteiger charge is 2.16. The predicted octanol–water partition coefficient (Wildman–Crippen LogP) is 7.60. The summed E-state index contributed by atoms with van der Waals surface area (Å²) in [5.41, 5.74) is 5.06. The lowest BCUT2D eigenvalue weighted by atomic mass is 10.0. The molecule has 1 aliphatic rings. The summed E-state index contributed by atoms with van der Waals surface area (Å²) >= 11 is 3.51. The molecule has 154 valence electrons. The van der Waals surface area contributed by atoms with Crippen LogP contribution in [0.3, 0.4) is 0 Å². The molecule has 0 aromatic heterocycles. The summed E-state index contributed by atoms with van der Waals surface area (Å²) in [6.07, 6.45) is 5.97. The Morgan fingerprint density at radius 3 is 1.77 bits per heavy atom. The fourth-order valence-corrected chi connectivity index (χ4v) is 3.52. The molecule has 0 spiro atoms. The van der Waals surface area contributed by atoms with Crippen LogP contribution < -0.4 is 0 Å². The third-order valence-corrected chi connectivity index (χ3v) is 5.45. The zero-order valence-electron chi connectivity index (χ0n) is 17.1. The van der Waals surface area contributed by atoms with E-state index in [4.69, 9.17) is 9.47 Å². The van der Waals surface area contributed by atoms with Crippen LogP contribution in [0.1, 0.15) is 16.7 Å². The number of rotatable bonds is 7. The van der Waals surface area contributed by atoms with Gasteiger partial charge in [-0.2, -0.15) is 0 Å². The minimum absolute atomic E-state index is 0.480. The normalized spacial score (nSPS) is 13.6. The van der Waals surface area contributed by atoms with E-state index in [1.165, 1.54) is 0 Å². The highest BCUT2D eigenvalue weighted by atomic mass is 79.9. The molecule has 31 heavy (non-hydrogen) atoms. The molecular formula is C28H23BrO2. The fraction of sp³-hybridized carbons (Fsp3) is 0.0714. The lowest BCUT2D eigenvalue weighted by Gasteiger charge is -2.14. The molecule has 0 heterocycles. The minimum atomic E-state index is 0.480. The van der Waals surface area contributed by atoms with Gasteiger partial charge >= 0.3 is 0 Å². The SMILES string of the molecule is C=C1C=C(OCc2ccccc2)C(c2ccc(Br)cc2)=CC=C1OCc1ccccc1. The summed E-state index contributed by atoms with van der Waals surface area (Å²) in [6, 6.07) is 28.5. The number of halogens is 1. The Bertz CT molecular complexity index is 1120. The van der Waals surface area contributed by atoms with Gasteiger partial charge in [0.15, 0.2) is 0 Å². The Morgan fingerprint density at radius 1 is 0.645 bits per heavy atom. The third kappa shape index (κ3) is 5.65. The van der Waals surface area contributed by atoms with E-state index in [2.05, 4.69) is 46.8 Å². The first-order valence-electron chi connectivity index (χ1n) is 10.1. The molecule has 0 fully saturated rings. The predicted molar refractivity (Wildman–Crippen MR) is 130 cm³/mol. The molecule has 1 aliphatic carbocycles. The van der Waals surface area contributed by atoms with Crippen molar-refractivity contribution in [2.45, 2.75) is 13.2 Å². The second-order valence-electron chi connectivity index (χ2n) is 7.20. The van der Waals surface area contributed by atoms with Crippen molar-refractivity contribution in [2.24, 2.45) is 0 Å². The van der Waals surface area contributed by atoms with Crippen molar-refractivity contribution in [1.82, 2.24) is 0 Å². The number of benzene rings is 3. The highest BCUT2D eigenvalue weighted by Crippen LogP contribution is 2.31. The number of ether oxygens (including phenoxy) is 2. The van der Waals surface area contributed by atoms with Gasteiger partial charge in [-0.25, -0.2) is 0 Å². The molecule has 0 unspecified atom stereocenters. The highest BCUT2D eigenvalue weighted by molar-refractivity contribution is 9.10. The van der Waals surface area contributed by atoms with Crippen molar-refractivity contribution >= 4 is 21.5 Å². The van der Waals surface area contributed by atoms with E-state index in [1.54, 1.807) is 0 Å². The summed E-state index contributed by atoms with van der Waals surface area (Å²) < 4.78 is 13.4. The summed E-state index contributed by atoms with van der Waals surface area (Å²) in [4.78, 5) is 0. The van der Waals surface area contributed by atoms with E-state index < -0.39 is 0 Å². The van der Waals surface area contributed by atoms with Gasteiger partial charge in [0, 0.05) is 15.6 Å². The van der Waals surface area contributed by atoms with Gasteiger partial charge < -0.3 is 9.47 Å². The zero-order valence-corrected chi connectivity index (χ0v) is 18.7. The van der Waals surface area contributed by atoms with Crippen LogP contribution in [0.5, 0.6) is 0 Å². The molecule has 0 saturated carbocycles. The third-order valence-electron chi connectivity index (χ3n) is 4.92. The minimum Gasteiger partial charge on any atom is -0.488 e. The number of hydrogen-bond donors (Lipinski definition) is 0. The van der Waals surface area contributed by atoms with Crippen molar-refractivity contribution in [2.75, 3.05) is 0 Å². The van der Waals surface area contributed by atoms with Gasteiger partial charge in [0.25, 0.3) is 0 Å². The van der Waals surface area contributed by atoms with Crippen LogP contribution in [0.25, 0.3) is 5.57 Å². The van der Waals surface area contributed by atoms with Crippen molar-refractivity contribution < 1.29 is 9.47 Å². The monoisotopic (exact) mass is 470 g/mol. The van der Waals surface area contributed by atoms with Crippen LogP contribution in [-0.4, -0.2) is 0 Å². The Hall–Kier alpha value is -3.30. The molecule has 3 heteroatoms. The van der Waals surface area contributed by atoms with Gasteiger partial charge in [-0.3, -0.25) is 0 Å². The van der Waals surface area contributed by atoms with Gasteiger partial charge in [0.2, 0.25) is 0 Å². The summed E-state index contributed by atoms with van der Waals surface area (Å²) in [7, 11) is 0. The van der Waals surface area contributed by atoms with Gasteiger partial charge in [-0.15, -0.1) is 0 Å². The molecular weight excluding hydrogens is 448 g/mol. The molecule has 0 atom stereocenters. The van der Waals surface area contributed by atoms with Crippen molar-refractivity contribution in [3.63, 3.8) is 0 Å². The topological polar surface area (TPSA) is 18.5 Å². The van der Waals surface area contributed by atoms with Gasteiger partial charge in [0.05, 0.1) is 0 Å². The van der Waals surface area contributed by atoms with E-state index in [9.17, 15) is 0 Å². The molecule has 0 amide bonds. The molecule has 2 nitrogen and oxygen atoms in total. The zero-order chi connectivity index (χ0) is 21.5. The van der Waals surface area contributed by atoms with Crippen molar-refractivity contribution in [3.05, 3.63) is 148 Å². The second-order valence-corrected chi connectivity index (χ2v) is 8.12. The van der Waals surface area contributed by atoms with E-state index in [0.29, 0.717) is 13.2 Å². The lowest BCUT2D eigenvalue weighted by molar-refractivity contribution is 0.205. The molecule has 0 bridgehead atoms. The van der Waals surface area contributed by atoms with Gasteiger partial charge in [-0.05, 0) is 47.1 Å². The summed E-state index contributed by atoms with van der Waals surface area (Å²) in [6.45, 7) is 5.19. The number of allylic oxidation sites excluding steroid dienone is 4. The molecule has 4 rings (SSSR count). The first kappa shape index (κ1) is 21.0. The molecule has 0 aliphatic heterocycles. The largest absolute Gasteiger partial charge is 0.488 e. The maximum Gasteiger partial charge on any atom is 0.128 e. The Morgan fingerprint density at radius 2 is 1.19 bits per heavy atom. The molecule has 0 N–H and O–H groups in total. The van der Waals surface area contributed by atoms with Crippen LogP contribution in [0, 0.1) is 0 Å². The maximum atomic E-state index is 6.26. The van der Waals surface area contributed by atoms with Gasteiger partial charge in [0.1, 0.15) is 24.7 Å². The molecule has 3 aromatic rings. The summed E-state index contributed by atoms with van der Waals surface area (Å²) in [5, 5.41) is 0.